The molecule has 0 bridgehead atoms. The van der Waals surface area contributed by atoms with E-state index in [-0.39, 0.29) is 5.69 Å². The number of benzene rings is 2. The number of amides is 1. The van der Waals surface area contributed by atoms with Gasteiger partial charge in [0.2, 0.25) is 0 Å². The second kappa shape index (κ2) is 7.52. The monoisotopic (exact) mass is 407 g/mol. The summed E-state index contributed by atoms with van der Waals surface area (Å²) in [7, 11) is 1.62. The topological polar surface area (TPSA) is 81.4 Å². The van der Waals surface area contributed by atoms with Gasteiger partial charge in [0.1, 0.15) is 5.75 Å². The first kappa shape index (κ1) is 18.9. The van der Waals surface area contributed by atoms with E-state index >= 15 is 0 Å². The molecule has 0 unspecified atom stereocenters. The first-order valence-electron chi connectivity index (χ1n) is 8.92. The summed E-state index contributed by atoms with van der Waals surface area (Å²) in [5.41, 5.74) is 4.46. The van der Waals surface area contributed by atoms with Crippen LogP contribution in [0.2, 0.25) is 5.02 Å². The number of carbonyl (C=O) groups excluding carboxylic acids is 1. The Kier molecular flexibility index (Phi) is 4.90. The van der Waals surface area contributed by atoms with Gasteiger partial charge >= 0.3 is 0 Å². The minimum absolute atomic E-state index is 0.182. The highest BCUT2D eigenvalue weighted by atomic mass is 35.5. The Hall–Kier alpha value is -3.45. The largest absolute Gasteiger partial charge is 0.497 e. The molecule has 0 saturated heterocycles. The lowest BCUT2D eigenvalue weighted by Gasteiger charge is -2.09. The molecule has 29 heavy (non-hydrogen) atoms. The summed E-state index contributed by atoms with van der Waals surface area (Å²) in [5.74, 6) is 0.368. The fourth-order valence-corrected chi connectivity index (χ4v) is 3.34. The van der Waals surface area contributed by atoms with Crippen LogP contribution in [0.1, 0.15) is 21.9 Å². The number of hydrogen-bond acceptors (Lipinski definition) is 5. The number of halogens is 1. The third kappa shape index (κ3) is 3.40. The zero-order valence-electron chi connectivity index (χ0n) is 16.1. The Morgan fingerprint density at radius 3 is 2.48 bits per heavy atom. The molecule has 0 spiro atoms. The van der Waals surface area contributed by atoms with Crippen molar-refractivity contribution in [1.82, 2.24) is 19.8 Å². The number of para-hydroxylation sites is 1. The maximum atomic E-state index is 12.7. The fourth-order valence-electron chi connectivity index (χ4n) is 3.16. The third-order valence-electron chi connectivity index (χ3n) is 4.66. The molecule has 1 N–H and O–H groups in total. The van der Waals surface area contributed by atoms with Crippen LogP contribution in [-0.2, 0) is 0 Å². The van der Waals surface area contributed by atoms with E-state index in [1.807, 2.05) is 31.2 Å². The normalized spacial score (nSPS) is 10.9. The van der Waals surface area contributed by atoms with E-state index < -0.39 is 5.91 Å². The van der Waals surface area contributed by atoms with E-state index in [4.69, 9.17) is 16.3 Å². The Morgan fingerprint density at radius 2 is 1.79 bits per heavy atom. The standard InChI is InChI=1S/C21H18ClN5O2/c1-12-18(14-8-10-15(29-3)11-9-14)20-25-24-19(13(2)27(20)26-12)21(28)23-17-7-5-4-6-16(17)22/h4-11H,1-3H3,(H,23,28). The van der Waals surface area contributed by atoms with Gasteiger partial charge in [-0.3, -0.25) is 4.79 Å². The van der Waals surface area contributed by atoms with Gasteiger partial charge in [0, 0.05) is 0 Å². The van der Waals surface area contributed by atoms with Crippen molar-refractivity contribution in [1.29, 1.82) is 0 Å². The number of aromatic nitrogens is 4. The molecule has 0 aliphatic heterocycles. The summed E-state index contributed by atoms with van der Waals surface area (Å²) in [5, 5.41) is 16.3. The number of hydrogen-bond donors (Lipinski definition) is 1. The second-order valence-electron chi connectivity index (χ2n) is 6.49. The Labute approximate surface area is 172 Å². The molecule has 2 aromatic heterocycles. The Balaban J connectivity index is 1.75. The molecule has 4 aromatic rings. The number of methoxy groups -OCH3 is 1. The number of rotatable bonds is 4. The van der Waals surface area contributed by atoms with Gasteiger partial charge in [-0.15, -0.1) is 10.2 Å². The van der Waals surface area contributed by atoms with Crippen molar-refractivity contribution in [2.45, 2.75) is 13.8 Å². The van der Waals surface area contributed by atoms with E-state index in [0.717, 1.165) is 22.6 Å². The van der Waals surface area contributed by atoms with Crippen LogP contribution in [0.4, 0.5) is 5.69 Å². The Morgan fingerprint density at radius 1 is 1.07 bits per heavy atom. The van der Waals surface area contributed by atoms with Crippen LogP contribution in [0.15, 0.2) is 48.5 Å². The van der Waals surface area contributed by atoms with E-state index in [0.29, 0.717) is 22.1 Å². The van der Waals surface area contributed by atoms with Crippen molar-refractivity contribution >= 4 is 28.8 Å². The van der Waals surface area contributed by atoms with Crippen molar-refractivity contribution in [2.24, 2.45) is 0 Å². The molecule has 0 atom stereocenters. The van der Waals surface area contributed by atoms with Gasteiger partial charge in [-0.1, -0.05) is 35.9 Å². The van der Waals surface area contributed by atoms with Crippen molar-refractivity contribution in [2.75, 3.05) is 12.4 Å². The van der Waals surface area contributed by atoms with Gasteiger partial charge in [-0.05, 0) is 43.7 Å². The van der Waals surface area contributed by atoms with Gasteiger partial charge in [0.15, 0.2) is 11.3 Å². The van der Waals surface area contributed by atoms with Crippen LogP contribution in [0.5, 0.6) is 5.75 Å². The van der Waals surface area contributed by atoms with Crippen LogP contribution in [0, 0.1) is 13.8 Å². The summed E-state index contributed by atoms with van der Waals surface area (Å²) < 4.78 is 6.86. The molecule has 8 heteroatoms. The maximum absolute atomic E-state index is 12.7. The smallest absolute Gasteiger partial charge is 0.278 e. The van der Waals surface area contributed by atoms with Crippen LogP contribution in [0.3, 0.4) is 0 Å². The third-order valence-corrected chi connectivity index (χ3v) is 4.99. The molecule has 0 fully saturated rings. The number of ether oxygens (including phenoxy) is 1. The molecule has 1 amide bonds. The quantitative estimate of drug-likeness (QED) is 0.544. The molecule has 0 aliphatic rings. The predicted molar refractivity (Wildman–Crippen MR) is 112 cm³/mol. The first-order valence-corrected chi connectivity index (χ1v) is 9.30. The SMILES string of the molecule is COc1ccc(-c2c(C)nn3c(C)c(C(=O)Nc4ccccc4Cl)nnc23)cc1. The van der Waals surface area contributed by atoms with Gasteiger partial charge in [0.25, 0.3) is 5.91 Å². The van der Waals surface area contributed by atoms with Crippen molar-refractivity contribution in [3.63, 3.8) is 0 Å². The number of fused-ring (bicyclic) bond motifs is 1. The number of nitrogens with zero attached hydrogens (tertiary/aromatic N) is 4. The molecule has 0 radical (unpaired) electrons. The zero-order chi connectivity index (χ0) is 20.5. The van der Waals surface area contributed by atoms with Crippen molar-refractivity contribution < 1.29 is 9.53 Å². The van der Waals surface area contributed by atoms with E-state index in [2.05, 4.69) is 20.6 Å². The molecule has 2 aromatic carbocycles. The van der Waals surface area contributed by atoms with Crippen LogP contribution in [-0.4, -0.2) is 32.8 Å². The van der Waals surface area contributed by atoms with E-state index in [1.165, 1.54) is 0 Å². The minimum Gasteiger partial charge on any atom is -0.497 e. The van der Waals surface area contributed by atoms with Gasteiger partial charge in [-0.25, -0.2) is 4.52 Å². The maximum Gasteiger partial charge on any atom is 0.278 e. The second-order valence-corrected chi connectivity index (χ2v) is 6.90. The average molecular weight is 408 g/mol. The summed E-state index contributed by atoms with van der Waals surface area (Å²) in [4.78, 5) is 12.7. The number of aryl methyl sites for hydroxylation is 2. The number of carbonyl (C=O) groups is 1. The molecular weight excluding hydrogens is 390 g/mol. The number of nitrogens with one attached hydrogen (secondary N) is 1. The van der Waals surface area contributed by atoms with Crippen molar-refractivity contribution in [3.8, 4) is 16.9 Å². The van der Waals surface area contributed by atoms with Gasteiger partial charge in [0.05, 0.1) is 34.8 Å². The predicted octanol–water partition coefficient (Wildman–Crippen LogP) is 4.32. The highest BCUT2D eigenvalue weighted by molar-refractivity contribution is 6.33. The lowest BCUT2D eigenvalue weighted by Crippen LogP contribution is -2.18. The molecule has 7 nitrogen and oxygen atoms in total. The molecule has 0 saturated carbocycles. The summed E-state index contributed by atoms with van der Waals surface area (Å²) in [6.07, 6.45) is 0. The van der Waals surface area contributed by atoms with Gasteiger partial charge in [-0.2, -0.15) is 5.10 Å². The molecule has 146 valence electrons. The molecule has 0 aliphatic carbocycles. The van der Waals surface area contributed by atoms with Crippen molar-refractivity contribution in [3.05, 3.63) is 70.6 Å². The molecule has 2 heterocycles. The number of anilines is 1. The fraction of sp³-hybridized carbons (Fsp3) is 0.143. The summed E-state index contributed by atoms with van der Waals surface area (Å²) in [6, 6.07) is 14.7. The first-order chi connectivity index (χ1) is 14.0. The van der Waals surface area contributed by atoms with Crippen LogP contribution < -0.4 is 10.1 Å². The zero-order valence-corrected chi connectivity index (χ0v) is 16.9. The average Bonchev–Trinajstić information content (AvgIpc) is 3.07. The Bertz CT molecular complexity index is 1220. The van der Waals surface area contributed by atoms with E-state index in [9.17, 15) is 4.79 Å². The summed E-state index contributed by atoms with van der Waals surface area (Å²) in [6.45, 7) is 3.69. The lowest BCUT2D eigenvalue weighted by atomic mass is 10.1. The highest BCUT2D eigenvalue weighted by Gasteiger charge is 2.20. The minimum atomic E-state index is -0.399. The molecular formula is C21H18ClN5O2. The lowest BCUT2D eigenvalue weighted by molar-refractivity contribution is 0.102. The summed E-state index contributed by atoms with van der Waals surface area (Å²) >= 11 is 6.13. The van der Waals surface area contributed by atoms with Crippen LogP contribution in [0.25, 0.3) is 16.8 Å². The van der Waals surface area contributed by atoms with E-state index in [1.54, 1.807) is 42.8 Å². The molecule has 4 rings (SSSR count). The van der Waals surface area contributed by atoms with Gasteiger partial charge < -0.3 is 10.1 Å². The van der Waals surface area contributed by atoms with Crippen LogP contribution >= 0.6 is 11.6 Å². The highest BCUT2D eigenvalue weighted by Crippen LogP contribution is 2.29.